The number of H-pyrrole nitrogens is 1. The highest BCUT2D eigenvalue weighted by molar-refractivity contribution is 5.92. The minimum Gasteiger partial charge on any atom is -0.328 e. The summed E-state index contributed by atoms with van der Waals surface area (Å²) in [5.41, 5.74) is 0.869. The van der Waals surface area contributed by atoms with E-state index >= 15 is 0 Å². The van der Waals surface area contributed by atoms with E-state index in [4.69, 9.17) is 0 Å². The Morgan fingerprint density at radius 2 is 1.96 bits per heavy atom. The normalized spacial score (nSPS) is 16.5. The molecular formula is C17H16N6O2. The van der Waals surface area contributed by atoms with E-state index in [1.54, 1.807) is 4.90 Å². The van der Waals surface area contributed by atoms with E-state index in [2.05, 4.69) is 25.0 Å². The summed E-state index contributed by atoms with van der Waals surface area (Å²) in [6.45, 7) is 2.90. The Balaban J connectivity index is 1.64. The van der Waals surface area contributed by atoms with Crippen LogP contribution >= 0.6 is 0 Å². The van der Waals surface area contributed by atoms with Crippen molar-refractivity contribution in [2.24, 2.45) is 0 Å². The van der Waals surface area contributed by atoms with Crippen LogP contribution in [0.25, 0.3) is 11.4 Å². The minimum absolute atomic E-state index is 0.0284. The zero-order chi connectivity index (χ0) is 17.4. The zero-order valence-electron chi connectivity index (χ0n) is 13.6. The number of nitrogens with one attached hydrogen (secondary N) is 1. The number of benzene rings is 1. The van der Waals surface area contributed by atoms with Crippen molar-refractivity contribution in [3.8, 4) is 11.4 Å². The third-order valence-electron chi connectivity index (χ3n) is 4.24. The summed E-state index contributed by atoms with van der Waals surface area (Å²) in [4.78, 5) is 25.4. The van der Waals surface area contributed by atoms with Crippen molar-refractivity contribution in [2.75, 3.05) is 6.54 Å². The number of carbonyl (C=O) groups is 1. The molecule has 4 rings (SSSR count). The van der Waals surface area contributed by atoms with Crippen molar-refractivity contribution in [1.29, 1.82) is 0 Å². The molecule has 1 atom stereocenters. The molecule has 0 saturated carbocycles. The van der Waals surface area contributed by atoms with Crippen LogP contribution < -0.4 is 5.56 Å². The summed E-state index contributed by atoms with van der Waals surface area (Å²) in [6.07, 6.45) is 0. The quantitative estimate of drug-likeness (QED) is 0.759. The zero-order valence-corrected chi connectivity index (χ0v) is 13.6. The van der Waals surface area contributed by atoms with Crippen LogP contribution in [0.15, 0.2) is 47.3 Å². The minimum atomic E-state index is -0.337. The van der Waals surface area contributed by atoms with E-state index in [0.717, 1.165) is 17.2 Å². The highest BCUT2D eigenvalue weighted by atomic mass is 16.2. The molecule has 0 fully saturated rings. The first-order chi connectivity index (χ1) is 12.1. The monoisotopic (exact) mass is 336 g/mol. The Kier molecular flexibility index (Phi) is 3.64. The summed E-state index contributed by atoms with van der Waals surface area (Å²) in [5, 5.41) is 14.7. The van der Waals surface area contributed by atoms with Crippen LogP contribution in [0.5, 0.6) is 0 Å². The van der Waals surface area contributed by atoms with Crippen LogP contribution in [-0.4, -0.2) is 42.3 Å². The Morgan fingerprint density at radius 1 is 1.16 bits per heavy atom. The maximum Gasteiger partial charge on any atom is 0.274 e. The Labute approximate surface area is 143 Å². The van der Waals surface area contributed by atoms with Crippen LogP contribution in [0.2, 0.25) is 0 Å². The second-order valence-corrected chi connectivity index (χ2v) is 6.02. The lowest BCUT2D eigenvalue weighted by molar-refractivity contribution is 0.0675. The molecule has 1 amide bonds. The van der Waals surface area contributed by atoms with Gasteiger partial charge in [-0.05, 0) is 13.0 Å². The number of rotatable bonds is 2. The van der Waals surface area contributed by atoms with Crippen LogP contribution in [0, 0.1) is 0 Å². The topological polar surface area (TPSA) is 96.8 Å². The molecule has 0 spiro atoms. The molecule has 8 heteroatoms. The molecule has 8 nitrogen and oxygen atoms in total. The van der Waals surface area contributed by atoms with E-state index in [1.165, 1.54) is 12.1 Å². The van der Waals surface area contributed by atoms with Crippen molar-refractivity contribution in [1.82, 2.24) is 29.9 Å². The molecule has 0 aliphatic carbocycles. The van der Waals surface area contributed by atoms with Crippen molar-refractivity contribution in [2.45, 2.75) is 19.5 Å². The number of nitrogens with zero attached hydrogens (tertiary/aromatic N) is 5. The highest BCUT2D eigenvalue weighted by Gasteiger charge is 2.30. The fourth-order valence-electron chi connectivity index (χ4n) is 3.09. The van der Waals surface area contributed by atoms with Crippen molar-refractivity contribution < 1.29 is 4.79 Å². The number of aromatic nitrogens is 5. The second kappa shape index (κ2) is 5.97. The lowest BCUT2D eigenvalue weighted by Crippen LogP contribution is -2.41. The second-order valence-electron chi connectivity index (χ2n) is 6.02. The molecule has 1 aliphatic rings. The largest absolute Gasteiger partial charge is 0.328 e. The van der Waals surface area contributed by atoms with Gasteiger partial charge < -0.3 is 9.47 Å². The summed E-state index contributed by atoms with van der Waals surface area (Å²) >= 11 is 0. The van der Waals surface area contributed by atoms with E-state index in [1.807, 2.05) is 37.3 Å². The van der Waals surface area contributed by atoms with Gasteiger partial charge in [-0.15, -0.1) is 10.2 Å². The van der Waals surface area contributed by atoms with Crippen LogP contribution in [-0.2, 0) is 6.54 Å². The summed E-state index contributed by atoms with van der Waals surface area (Å²) < 4.78 is 2.07. The van der Waals surface area contributed by atoms with E-state index in [9.17, 15) is 9.59 Å². The first kappa shape index (κ1) is 15.3. The number of carbonyl (C=O) groups excluding carboxylic acids is 1. The van der Waals surface area contributed by atoms with Gasteiger partial charge in [0.05, 0.1) is 12.6 Å². The summed E-state index contributed by atoms with van der Waals surface area (Å²) in [5.74, 6) is 1.30. The molecule has 3 aromatic rings. The van der Waals surface area contributed by atoms with Crippen LogP contribution in [0.4, 0.5) is 0 Å². The van der Waals surface area contributed by atoms with Crippen molar-refractivity contribution in [3.05, 3.63) is 64.3 Å². The summed E-state index contributed by atoms with van der Waals surface area (Å²) in [6, 6.07) is 12.6. The molecule has 1 aromatic carbocycles. The molecule has 0 saturated heterocycles. The number of hydrogen-bond acceptors (Lipinski definition) is 5. The number of fused-ring (bicyclic) bond motifs is 1. The first-order valence-electron chi connectivity index (χ1n) is 7.97. The molecule has 0 radical (unpaired) electrons. The van der Waals surface area contributed by atoms with Gasteiger partial charge >= 0.3 is 0 Å². The van der Waals surface area contributed by atoms with E-state index < -0.39 is 0 Å². The van der Waals surface area contributed by atoms with E-state index in [0.29, 0.717) is 13.1 Å². The number of amides is 1. The maximum absolute atomic E-state index is 12.6. The third kappa shape index (κ3) is 2.71. The number of hydrogen-bond donors (Lipinski definition) is 1. The van der Waals surface area contributed by atoms with Crippen LogP contribution in [0.3, 0.4) is 0 Å². The van der Waals surface area contributed by atoms with Gasteiger partial charge in [0, 0.05) is 18.2 Å². The fourth-order valence-corrected chi connectivity index (χ4v) is 3.09. The lowest BCUT2D eigenvalue weighted by Gasteiger charge is -2.32. The van der Waals surface area contributed by atoms with Crippen LogP contribution in [0.1, 0.15) is 29.3 Å². The van der Waals surface area contributed by atoms with E-state index in [-0.39, 0.29) is 23.2 Å². The highest BCUT2D eigenvalue weighted by Crippen LogP contribution is 2.27. The van der Waals surface area contributed by atoms with Gasteiger partial charge in [0.25, 0.3) is 11.5 Å². The predicted octanol–water partition coefficient (Wildman–Crippen LogP) is 1.25. The SMILES string of the molecule is C[C@H]1CN(C(=O)c2ccc(=O)[nH]n2)Cc2nnc(-c3ccccc3)n21. The Morgan fingerprint density at radius 3 is 2.68 bits per heavy atom. The first-order valence-corrected chi connectivity index (χ1v) is 7.97. The third-order valence-corrected chi connectivity index (χ3v) is 4.24. The van der Waals surface area contributed by atoms with Crippen molar-refractivity contribution >= 4 is 5.91 Å². The fraction of sp³-hybridized carbons (Fsp3) is 0.235. The van der Waals surface area contributed by atoms with Gasteiger partial charge in [-0.25, -0.2) is 5.10 Å². The molecule has 1 aliphatic heterocycles. The molecule has 2 aromatic heterocycles. The standard InChI is InChI=1S/C17H16N6O2/c1-11-9-22(17(25)13-7-8-15(24)20-18-13)10-14-19-21-16(23(11)14)12-5-3-2-4-6-12/h2-8,11H,9-10H2,1H3,(H,20,24)/t11-/m0/s1. The maximum atomic E-state index is 12.6. The smallest absolute Gasteiger partial charge is 0.274 e. The predicted molar refractivity (Wildman–Crippen MR) is 89.8 cm³/mol. The lowest BCUT2D eigenvalue weighted by atomic mass is 10.1. The average Bonchev–Trinajstić information content (AvgIpc) is 3.07. The molecule has 0 bridgehead atoms. The molecule has 3 heterocycles. The van der Waals surface area contributed by atoms with Gasteiger partial charge in [0.1, 0.15) is 5.69 Å². The van der Waals surface area contributed by atoms with Gasteiger partial charge in [0.2, 0.25) is 0 Å². The van der Waals surface area contributed by atoms with Gasteiger partial charge in [0.15, 0.2) is 11.6 Å². The van der Waals surface area contributed by atoms with Gasteiger partial charge in [-0.1, -0.05) is 30.3 Å². The molecule has 25 heavy (non-hydrogen) atoms. The average molecular weight is 336 g/mol. The molecular weight excluding hydrogens is 320 g/mol. The molecule has 1 N–H and O–H groups in total. The Hall–Kier alpha value is -3.29. The van der Waals surface area contributed by atoms with Crippen molar-refractivity contribution in [3.63, 3.8) is 0 Å². The molecule has 0 unspecified atom stereocenters. The van der Waals surface area contributed by atoms with Gasteiger partial charge in [-0.2, -0.15) is 5.10 Å². The molecule has 126 valence electrons. The summed E-state index contributed by atoms with van der Waals surface area (Å²) in [7, 11) is 0. The Bertz CT molecular complexity index is 958. The number of aromatic amines is 1. The van der Waals surface area contributed by atoms with Gasteiger partial charge in [-0.3, -0.25) is 9.59 Å².